The lowest BCUT2D eigenvalue weighted by atomic mass is 10.2. The molecule has 0 saturated carbocycles. The largest absolute Gasteiger partial charge is 0.478 e. The molecule has 3 rings (SSSR count). The molecule has 1 aliphatic heterocycles. The number of carbonyl (C=O) groups is 2. The summed E-state index contributed by atoms with van der Waals surface area (Å²) in [5.41, 5.74) is 1.35. The van der Waals surface area contributed by atoms with E-state index in [4.69, 9.17) is 5.11 Å². The van der Waals surface area contributed by atoms with E-state index >= 15 is 0 Å². The monoisotopic (exact) mass is 397 g/mol. The number of nitrogens with zero attached hydrogens (tertiary/aromatic N) is 3. The fraction of sp³-hybridized carbons (Fsp3) is 0.105. The van der Waals surface area contributed by atoms with Gasteiger partial charge in [0.15, 0.2) is 5.17 Å². The van der Waals surface area contributed by atoms with E-state index in [0.29, 0.717) is 27.9 Å². The van der Waals surface area contributed by atoms with Crippen molar-refractivity contribution in [3.8, 4) is 0 Å². The molecule has 0 spiro atoms. The number of benzene rings is 2. The number of thioether (sulfide) groups is 1. The molecular formula is C19H15N3O5S. The number of aromatic carboxylic acids is 1. The molecule has 0 radical (unpaired) electrons. The summed E-state index contributed by atoms with van der Waals surface area (Å²) in [6.45, 7) is 2.26. The third-order valence-electron chi connectivity index (χ3n) is 3.94. The Balaban J connectivity index is 1.87. The summed E-state index contributed by atoms with van der Waals surface area (Å²) >= 11 is 1.20. The summed E-state index contributed by atoms with van der Waals surface area (Å²) < 4.78 is 0. The first kappa shape index (κ1) is 19.3. The molecular weight excluding hydrogens is 382 g/mol. The first-order valence-electron chi connectivity index (χ1n) is 8.27. The molecule has 0 bridgehead atoms. The van der Waals surface area contributed by atoms with Gasteiger partial charge in [0.2, 0.25) is 0 Å². The molecule has 8 nitrogen and oxygen atoms in total. The highest BCUT2D eigenvalue weighted by Gasteiger charge is 2.32. The predicted octanol–water partition coefficient (Wildman–Crippen LogP) is 3.92. The zero-order chi connectivity index (χ0) is 20.3. The van der Waals surface area contributed by atoms with Crippen molar-refractivity contribution < 1.29 is 19.6 Å². The summed E-state index contributed by atoms with van der Waals surface area (Å²) in [4.78, 5) is 40.3. The van der Waals surface area contributed by atoms with Gasteiger partial charge in [0.1, 0.15) is 0 Å². The molecule has 1 heterocycles. The molecule has 1 saturated heterocycles. The van der Waals surface area contributed by atoms with Crippen LogP contribution < -0.4 is 0 Å². The summed E-state index contributed by atoms with van der Waals surface area (Å²) in [5, 5.41) is 20.2. The number of hydrogen-bond acceptors (Lipinski definition) is 6. The van der Waals surface area contributed by atoms with Gasteiger partial charge in [-0.1, -0.05) is 0 Å². The lowest BCUT2D eigenvalue weighted by Crippen LogP contribution is -2.28. The Labute approximate surface area is 164 Å². The van der Waals surface area contributed by atoms with Gasteiger partial charge in [-0.2, -0.15) is 0 Å². The van der Waals surface area contributed by atoms with Gasteiger partial charge in [0.05, 0.1) is 21.1 Å². The summed E-state index contributed by atoms with van der Waals surface area (Å²) in [6, 6.07) is 12.0. The van der Waals surface area contributed by atoms with Gasteiger partial charge in [0.25, 0.3) is 11.6 Å². The molecule has 0 aliphatic carbocycles. The van der Waals surface area contributed by atoms with Crippen LogP contribution in [0, 0.1) is 10.1 Å². The lowest BCUT2D eigenvalue weighted by molar-refractivity contribution is -0.384. The van der Waals surface area contributed by atoms with Crippen LogP contribution in [0.5, 0.6) is 0 Å². The number of carboxylic acid groups (broad SMARTS) is 1. The van der Waals surface area contributed by atoms with Crippen LogP contribution in [-0.2, 0) is 4.79 Å². The fourth-order valence-electron chi connectivity index (χ4n) is 2.50. The Hall–Kier alpha value is -3.46. The third-order valence-corrected chi connectivity index (χ3v) is 4.95. The number of amidine groups is 1. The standard InChI is InChI=1S/C19H15N3O5S/c1-2-21-17(23)16(11-12-3-9-15(10-4-12)22(26)27)28-19(21)20-14-7-5-13(6-8-14)18(24)25/h3-11H,2H2,1H3,(H,24,25)/b16-11-,20-19?. The second-order valence-electron chi connectivity index (χ2n) is 5.76. The minimum Gasteiger partial charge on any atom is -0.478 e. The van der Waals surface area contributed by atoms with Gasteiger partial charge in [-0.15, -0.1) is 0 Å². The van der Waals surface area contributed by atoms with Crippen LogP contribution >= 0.6 is 11.8 Å². The number of nitro groups is 1. The van der Waals surface area contributed by atoms with Crippen molar-refractivity contribution in [3.05, 3.63) is 74.7 Å². The SMILES string of the molecule is CCN1C(=O)/C(=C/c2ccc([N+](=O)[O-])cc2)SC1=Nc1ccc(C(=O)O)cc1. The third kappa shape index (κ3) is 4.09. The summed E-state index contributed by atoms with van der Waals surface area (Å²) in [7, 11) is 0. The second-order valence-corrected chi connectivity index (χ2v) is 6.76. The summed E-state index contributed by atoms with van der Waals surface area (Å²) in [6.07, 6.45) is 1.66. The minimum absolute atomic E-state index is 0.0187. The Morgan fingerprint density at radius 3 is 2.39 bits per heavy atom. The van der Waals surface area contributed by atoms with Crippen LogP contribution in [0.1, 0.15) is 22.8 Å². The zero-order valence-corrected chi connectivity index (χ0v) is 15.5. The lowest BCUT2D eigenvalue weighted by Gasteiger charge is -2.12. The topological polar surface area (TPSA) is 113 Å². The number of hydrogen-bond donors (Lipinski definition) is 1. The molecule has 2 aromatic rings. The number of likely N-dealkylation sites (N-methyl/N-ethyl adjacent to an activating group) is 1. The highest BCUT2D eigenvalue weighted by molar-refractivity contribution is 8.18. The predicted molar refractivity (Wildman–Crippen MR) is 107 cm³/mol. The van der Waals surface area contributed by atoms with E-state index in [9.17, 15) is 19.7 Å². The van der Waals surface area contributed by atoms with Gasteiger partial charge < -0.3 is 5.11 Å². The van der Waals surface area contributed by atoms with Crippen molar-refractivity contribution in [1.29, 1.82) is 0 Å². The van der Waals surface area contributed by atoms with Crippen molar-refractivity contribution in [2.75, 3.05) is 6.54 Å². The first-order valence-corrected chi connectivity index (χ1v) is 9.08. The van der Waals surface area contributed by atoms with Gasteiger partial charge in [-0.25, -0.2) is 9.79 Å². The van der Waals surface area contributed by atoms with Crippen molar-refractivity contribution in [2.24, 2.45) is 4.99 Å². The number of carbonyl (C=O) groups excluding carboxylic acids is 1. The molecule has 0 atom stereocenters. The molecule has 1 N–H and O–H groups in total. The van der Waals surface area contributed by atoms with Crippen molar-refractivity contribution in [3.63, 3.8) is 0 Å². The normalized spacial score (nSPS) is 16.8. The molecule has 0 aromatic heterocycles. The zero-order valence-electron chi connectivity index (χ0n) is 14.7. The van der Waals surface area contributed by atoms with E-state index in [1.54, 1.807) is 30.3 Å². The van der Waals surface area contributed by atoms with E-state index in [-0.39, 0.29) is 17.2 Å². The van der Waals surface area contributed by atoms with Crippen LogP contribution in [0.3, 0.4) is 0 Å². The van der Waals surface area contributed by atoms with Crippen molar-refractivity contribution in [2.45, 2.75) is 6.92 Å². The molecule has 1 fully saturated rings. The number of rotatable bonds is 5. The molecule has 28 heavy (non-hydrogen) atoms. The van der Waals surface area contributed by atoms with E-state index in [0.717, 1.165) is 0 Å². The maximum absolute atomic E-state index is 12.6. The Kier molecular flexibility index (Phi) is 5.55. The van der Waals surface area contributed by atoms with E-state index < -0.39 is 10.9 Å². The number of carboxylic acids is 1. The van der Waals surface area contributed by atoms with Crippen LogP contribution in [0.25, 0.3) is 6.08 Å². The molecule has 1 amide bonds. The molecule has 1 aliphatic rings. The fourth-order valence-corrected chi connectivity index (χ4v) is 3.57. The average Bonchev–Trinajstić information content (AvgIpc) is 2.96. The van der Waals surface area contributed by atoms with Crippen LogP contribution in [-0.4, -0.2) is 38.5 Å². The smallest absolute Gasteiger partial charge is 0.335 e. The number of nitro benzene ring substituents is 1. The molecule has 2 aromatic carbocycles. The summed E-state index contributed by atoms with van der Waals surface area (Å²) in [5.74, 6) is -1.22. The Bertz CT molecular complexity index is 997. The number of aliphatic imine (C=N–C) groups is 1. The highest BCUT2D eigenvalue weighted by Crippen LogP contribution is 2.34. The van der Waals surface area contributed by atoms with Crippen LogP contribution in [0.4, 0.5) is 11.4 Å². The Morgan fingerprint density at radius 2 is 1.86 bits per heavy atom. The number of amides is 1. The Morgan fingerprint density at radius 1 is 1.21 bits per heavy atom. The molecule has 9 heteroatoms. The second kappa shape index (κ2) is 8.05. The quantitative estimate of drug-likeness (QED) is 0.465. The average molecular weight is 397 g/mol. The van der Waals surface area contributed by atoms with Gasteiger partial charge in [0, 0.05) is 18.7 Å². The maximum Gasteiger partial charge on any atom is 0.335 e. The van der Waals surface area contributed by atoms with Crippen LogP contribution in [0.15, 0.2) is 58.4 Å². The van der Waals surface area contributed by atoms with Gasteiger partial charge >= 0.3 is 5.97 Å². The highest BCUT2D eigenvalue weighted by atomic mass is 32.2. The van der Waals surface area contributed by atoms with Gasteiger partial charge in [-0.3, -0.25) is 19.8 Å². The van der Waals surface area contributed by atoms with E-state index in [2.05, 4.69) is 4.99 Å². The van der Waals surface area contributed by atoms with E-state index in [1.165, 1.54) is 40.9 Å². The minimum atomic E-state index is -1.02. The maximum atomic E-state index is 12.6. The molecule has 142 valence electrons. The van der Waals surface area contributed by atoms with Gasteiger partial charge in [-0.05, 0) is 66.7 Å². The van der Waals surface area contributed by atoms with Crippen molar-refractivity contribution >= 4 is 46.3 Å². The number of non-ortho nitro benzene ring substituents is 1. The van der Waals surface area contributed by atoms with E-state index in [1.807, 2.05) is 6.92 Å². The van der Waals surface area contributed by atoms with Crippen LogP contribution in [0.2, 0.25) is 0 Å². The molecule has 0 unspecified atom stereocenters. The van der Waals surface area contributed by atoms with Crippen molar-refractivity contribution in [1.82, 2.24) is 4.90 Å². The first-order chi connectivity index (χ1) is 13.4.